The Kier molecular flexibility index (Phi) is 4.69. The molecule has 0 N–H and O–H groups in total. The van der Waals surface area contributed by atoms with E-state index in [2.05, 4.69) is 70.8 Å². The van der Waals surface area contributed by atoms with E-state index >= 15 is 0 Å². The molecule has 1 aliphatic rings. The maximum atomic E-state index is 6.60. The van der Waals surface area contributed by atoms with Crippen LogP contribution in [0.2, 0.25) is 5.02 Å². The predicted octanol–water partition coefficient (Wildman–Crippen LogP) is 5.67. The van der Waals surface area contributed by atoms with E-state index < -0.39 is 0 Å². The standard InChI is InChI=1S/C24H24ClN3O/c1-3-28-23-16(2)26-8-7-20(23)22-15-18(25)14-21(24(22)28)17-5-4-6-19(13-17)27-9-11-29-12-10-27/h4-8,13-15H,3,9-12H2,1-2H3. The highest BCUT2D eigenvalue weighted by Gasteiger charge is 2.18. The Morgan fingerprint density at radius 2 is 1.86 bits per heavy atom. The molecule has 0 atom stereocenters. The molecule has 1 saturated heterocycles. The van der Waals surface area contributed by atoms with Crippen LogP contribution in [0.15, 0.2) is 48.7 Å². The van der Waals surface area contributed by atoms with Gasteiger partial charge in [-0.25, -0.2) is 0 Å². The van der Waals surface area contributed by atoms with Crippen LogP contribution in [-0.2, 0) is 11.3 Å². The second-order valence-corrected chi connectivity index (χ2v) is 7.97. The summed E-state index contributed by atoms with van der Waals surface area (Å²) in [5.41, 5.74) is 7.05. The summed E-state index contributed by atoms with van der Waals surface area (Å²) < 4.78 is 7.89. The van der Waals surface area contributed by atoms with Gasteiger partial charge in [-0.3, -0.25) is 4.98 Å². The van der Waals surface area contributed by atoms with E-state index in [1.807, 2.05) is 6.20 Å². The van der Waals surface area contributed by atoms with Gasteiger partial charge in [0.15, 0.2) is 0 Å². The average molecular weight is 406 g/mol. The van der Waals surface area contributed by atoms with Crippen LogP contribution >= 0.6 is 11.6 Å². The van der Waals surface area contributed by atoms with Crippen LogP contribution in [0.4, 0.5) is 5.69 Å². The Balaban J connectivity index is 1.77. The van der Waals surface area contributed by atoms with Crippen LogP contribution in [0.1, 0.15) is 12.6 Å². The normalized spacial score (nSPS) is 14.8. The van der Waals surface area contributed by atoms with Gasteiger partial charge in [0.2, 0.25) is 0 Å². The molecule has 0 spiro atoms. The van der Waals surface area contributed by atoms with Crippen LogP contribution < -0.4 is 4.90 Å². The molecule has 5 rings (SSSR count). The molecule has 0 saturated carbocycles. The van der Waals surface area contributed by atoms with Crippen LogP contribution in [0, 0.1) is 6.92 Å². The molecule has 2 aromatic heterocycles. The number of rotatable bonds is 3. The summed E-state index contributed by atoms with van der Waals surface area (Å²) in [5, 5.41) is 3.16. The van der Waals surface area contributed by atoms with Crippen molar-refractivity contribution in [1.29, 1.82) is 0 Å². The fraction of sp³-hybridized carbons (Fsp3) is 0.292. The SMILES string of the molecule is CCn1c2c(-c3cccc(N4CCOCC4)c3)cc(Cl)cc2c2ccnc(C)c21. The maximum absolute atomic E-state index is 6.60. The van der Waals surface area contributed by atoms with Crippen molar-refractivity contribution in [2.45, 2.75) is 20.4 Å². The lowest BCUT2D eigenvalue weighted by atomic mass is 10.0. The third-order valence-electron chi connectivity index (χ3n) is 5.86. The van der Waals surface area contributed by atoms with Gasteiger partial charge in [-0.05, 0) is 49.7 Å². The predicted molar refractivity (Wildman–Crippen MR) is 121 cm³/mol. The minimum absolute atomic E-state index is 0.758. The number of benzene rings is 2. The van der Waals surface area contributed by atoms with Gasteiger partial charge in [0.1, 0.15) is 0 Å². The molecule has 29 heavy (non-hydrogen) atoms. The highest BCUT2D eigenvalue weighted by atomic mass is 35.5. The first-order valence-corrected chi connectivity index (χ1v) is 10.6. The average Bonchev–Trinajstić information content (AvgIpc) is 3.08. The summed E-state index contributed by atoms with van der Waals surface area (Å²) in [4.78, 5) is 6.93. The molecule has 0 radical (unpaired) electrons. The molecule has 4 aromatic rings. The number of anilines is 1. The van der Waals surface area contributed by atoms with Gasteiger partial charge in [-0.2, -0.15) is 0 Å². The Morgan fingerprint density at radius 1 is 1.03 bits per heavy atom. The third kappa shape index (κ3) is 3.07. The highest BCUT2D eigenvalue weighted by molar-refractivity contribution is 6.32. The Morgan fingerprint density at radius 3 is 2.66 bits per heavy atom. The van der Waals surface area contributed by atoms with E-state index in [1.165, 1.54) is 38.6 Å². The first kappa shape index (κ1) is 18.5. The topological polar surface area (TPSA) is 30.3 Å². The molecule has 5 heteroatoms. The number of ether oxygens (including phenoxy) is 1. The smallest absolute Gasteiger partial charge is 0.0707 e. The van der Waals surface area contributed by atoms with Crippen molar-refractivity contribution in [3.8, 4) is 11.1 Å². The summed E-state index contributed by atoms with van der Waals surface area (Å²) in [5.74, 6) is 0. The number of fused-ring (bicyclic) bond motifs is 3. The zero-order chi connectivity index (χ0) is 20.0. The van der Waals surface area contributed by atoms with Crippen LogP contribution in [-0.4, -0.2) is 35.9 Å². The first-order chi connectivity index (χ1) is 14.2. The van der Waals surface area contributed by atoms with Crippen LogP contribution in [0.25, 0.3) is 32.9 Å². The molecular weight excluding hydrogens is 382 g/mol. The number of aromatic nitrogens is 2. The van der Waals surface area contributed by atoms with Crippen molar-refractivity contribution in [3.05, 3.63) is 59.4 Å². The molecular formula is C24H24ClN3O. The van der Waals surface area contributed by atoms with Crippen molar-refractivity contribution < 1.29 is 4.74 Å². The van der Waals surface area contributed by atoms with Crippen LogP contribution in [0.3, 0.4) is 0 Å². The third-order valence-corrected chi connectivity index (χ3v) is 6.08. The molecule has 1 aliphatic heterocycles. The number of morpholine rings is 1. The van der Waals surface area contributed by atoms with E-state index in [-0.39, 0.29) is 0 Å². The van der Waals surface area contributed by atoms with Crippen LogP contribution in [0.5, 0.6) is 0 Å². The van der Waals surface area contributed by atoms with Gasteiger partial charge in [-0.15, -0.1) is 0 Å². The Labute approximate surface area is 175 Å². The Hall–Kier alpha value is -2.56. The number of pyridine rings is 1. The van der Waals surface area contributed by atoms with Crippen molar-refractivity contribution in [1.82, 2.24) is 9.55 Å². The number of aryl methyl sites for hydroxylation is 2. The molecule has 3 heterocycles. The lowest BCUT2D eigenvalue weighted by Crippen LogP contribution is -2.36. The largest absolute Gasteiger partial charge is 0.378 e. The van der Waals surface area contributed by atoms with Crippen molar-refractivity contribution in [3.63, 3.8) is 0 Å². The van der Waals surface area contributed by atoms with E-state index in [4.69, 9.17) is 16.3 Å². The second-order valence-electron chi connectivity index (χ2n) is 7.54. The van der Waals surface area contributed by atoms with Gasteiger partial charge in [0.05, 0.1) is 29.9 Å². The number of halogens is 1. The zero-order valence-electron chi connectivity index (χ0n) is 16.8. The molecule has 2 aromatic carbocycles. The molecule has 0 bridgehead atoms. The van der Waals surface area contributed by atoms with Gasteiger partial charge in [-0.1, -0.05) is 23.7 Å². The molecule has 4 nitrogen and oxygen atoms in total. The monoisotopic (exact) mass is 405 g/mol. The lowest BCUT2D eigenvalue weighted by molar-refractivity contribution is 0.122. The quantitative estimate of drug-likeness (QED) is 0.439. The van der Waals surface area contributed by atoms with E-state index in [1.54, 1.807) is 0 Å². The number of hydrogen-bond donors (Lipinski definition) is 0. The Bertz CT molecular complexity index is 1210. The maximum Gasteiger partial charge on any atom is 0.0707 e. The fourth-order valence-corrected chi connectivity index (χ4v) is 4.77. The molecule has 1 fully saturated rings. The highest BCUT2D eigenvalue weighted by Crippen LogP contribution is 2.39. The van der Waals surface area contributed by atoms with Gasteiger partial charge >= 0.3 is 0 Å². The zero-order valence-corrected chi connectivity index (χ0v) is 17.5. The fourth-order valence-electron chi connectivity index (χ4n) is 4.55. The summed E-state index contributed by atoms with van der Waals surface area (Å²) in [6, 6.07) is 15.0. The molecule has 0 aliphatic carbocycles. The minimum Gasteiger partial charge on any atom is -0.378 e. The number of nitrogens with zero attached hydrogens (tertiary/aromatic N) is 3. The summed E-state index contributed by atoms with van der Waals surface area (Å²) >= 11 is 6.60. The van der Waals surface area contributed by atoms with E-state index in [0.29, 0.717) is 0 Å². The molecule has 148 valence electrons. The molecule has 0 unspecified atom stereocenters. The van der Waals surface area contributed by atoms with Crippen molar-refractivity contribution >= 4 is 39.1 Å². The van der Waals surface area contributed by atoms with Gasteiger partial charge in [0.25, 0.3) is 0 Å². The molecule has 0 amide bonds. The second kappa shape index (κ2) is 7.36. The van der Waals surface area contributed by atoms with Crippen molar-refractivity contribution in [2.75, 3.05) is 31.2 Å². The number of hydrogen-bond acceptors (Lipinski definition) is 3. The summed E-state index contributed by atoms with van der Waals surface area (Å²) in [7, 11) is 0. The van der Waals surface area contributed by atoms with E-state index in [0.717, 1.165) is 43.6 Å². The lowest BCUT2D eigenvalue weighted by Gasteiger charge is -2.29. The van der Waals surface area contributed by atoms with Gasteiger partial charge < -0.3 is 14.2 Å². The first-order valence-electron chi connectivity index (χ1n) is 10.2. The summed E-state index contributed by atoms with van der Waals surface area (Å²) in [6.45, 7) is 8.55. The minimum atomic E-state index is 0.758. The van der Waals surface area contributed by atoms with Crippen molar-refractivity contribution in [2.24, 2.45) is 0 Å². The van der Waals surface area contributed by atoms with Gasteiger partial charge in [0, 0.05) is 52.9 Å². The van der Waals surface area contributed by atoms with E-state index in [9.17, 15) is 0 Å². The summed E-state index contributed by atoms with van der Waals surface area (Å²) in [6.07, 6.45) is 1.89.